The third-order valence-corrected chi connectivity index (χ3v) is 12.6. The molecule has 2 aliphatic rings. The third-order valence-electron chi connectivity index (χ3n) is 11.9. The number of rotatable bonds is 37. The number of hydrogen-bond donors (Lipinski definition) is 2. The van der Waals surface area contributed by atoms with E-state index in [4.69, 9.17) is 24.3 Å². The first-order chi connectivity index (χ1) is 26.6. The van der Waals surface area contributed by atoms with Crippen molar-refractivity contribution >= 4 is 20.5 Å². The van der Waals surface area contributed by atoms with Crippen LogP contribution in [0.1, 0.15) is 231 Å². The highest BCUT2D eigenvalue weighted by molar-refractivity contribution is 7.40. The molecule has 2 aliphatic carbocycles. The SMILES string of the molecule is NCCOP(O)OCC(COC(=O)CCCCCCCCCCCCCC1CCCCC1)OC(=O)CCCCCCCCCCCCCC1CCCCC1. The van der Waals surface area contributed by atoms with Crippen LogP contribution >= 0.6 is 8.60 Å². The maximum Gasteiger partial charge on any atom is 0.330 e. The average molecular weight is 784 g/mol. The standard InChI is InChI=1S/C45H86NO7P/c46-37-38-51-54(49)52-40-43(53-45(48)36-28-18-14-10-6-2-4-8-12-16-22-30-42-33-25-20-26-34-42)39-50-44(47)35-27-17-13-9-5-1-3-7-11-15-21-29-41-31-23-19-24-32-41/h41-43,49H,1-40,46H2. The number of unbranched alkanes of at least 4 members (excludes halogenated alkanes) is 20. The average Bonchev–Trinajstić information content (AvgIpc) is 3.19. The van der Waals surface area contributed by atoms with Crippen LogP contribution in [0.4, 0.5) is 0 Å². The summed E-state index contributed by atoms with van der Waals surface area (Å²) in [6, 6.07) is 0. The molecule has 318 valence electrons. The van der Waals surface area contributed by atoms with E-state index in [0.717, 1.165) is 50.4 Å². The van der Waals surface area contributed by atoms with Gasteiger partial charge < -0.3 is 29.1 Å². The van der Waals surface area contributed by atoms with E-state index in [1.165, 1.54) is 180 Å². The molecule has 0 aromatic heterocycles. The molecule has 8 nitrogen and oxygen atoms in total. The first-order valence-corrected chi connectivity index (χ1v) is 24.5. The van der Waals surface area contributed by atoms with Gasteiger partial charge in [0.25, 0.3) is 0 Å². The quantitative estimate of drug-likeness (QED) is 0.0363. The van der Waals surface area contributed by atoms with Crippen molar-refractivity contribution in [3.8, 4) is 0 Å². The molecule has 0 spiro atoms. The number of carbonyl (C=O) groups is 2. The minimum atomic E-state index is -2.14. The predicted octanol–water partition coefficient (Wildman–Crippen LogP) is 13.0. The molecule has 2 unspecified atom stereocenters. The summed E-state index contributed by atoms with van der Waals surface area (Å²) in [7, 11) is -2.14. The molecule has 9 heteroatoms. The molecule has 0 amide bonds. The minimum absolute atomic E-state index is 0.0915. The summed E-state index contributed by atoms with van der Waals surface area (Å²) in [4.78, 5) is 35.0. The zero-order valence-electron chi connectivity index (χ0n) is 34.9. The summed E-state index contributed by atoms with van der Waals surface area (Å²) >= 11 is 0. The molecule has 0 aliphatic heterocycles. The van der Waals surface area contributed by atoms with Gasteiger partial charge >= 0.3 is 20.5 Å². The van der Waals surface area contributed by atoms with Crippen molar-refractivity contribution in [2.75, 3.05) is 26.4 Å². The molecule has 0 aromatic rings. The fraction of sp³-hybridized carbons (Fsp3) is 0.956. The summed E-state index contributed by atoms with van der Waals surface area (Å²) in [6.07, 6.45) is 44.9. The maximum absolute atomic E-state index is 12.6. The van der Waals surface area contributed by atoms with E-state index in [1.807, 2.05) is 0 Å². The molecule has 54 heavy (non-hydrogen) atoms. The van der Waals surface area contributed by atoms with Crippen LogP contribution in [-0.4, -0.2) is 49.3 Å². The van der Waals surface area contributed by atoms with Crippen molar-refractivity contribution in [1.82, 2.24) is 0 Å². The smallest absolute Gasteiger partial charge is 0.330 e. The molecule has 3 N–H and O–H groups in total. The molecule has 2 saturated carbocycles. The number of hydrogen-bond acceptors (Lipinski definition) is 8. The lowest BCUT2D eigenvalue weighted by molar-refractivity contribution is -0.161. The lowest BCUT2D eigenvalue weighted by Crippen LogP contribution is -2.29. The van der Waals surface area contributed by atoms with Gasteiger partial charge in [0, 0.05) is 19.4 Å². The van der Waals surface area contributed by atoms with Gasteiger partial charge in [-0.15, -0.1) is 0 Å². The van der Waals surface area contributed by atoms with E-state index in [-0.39, 0.29) is 38.3 Å². The number of ether oxygens (including phenoxy) is 2. The number of esters is 2. The molecular weight excluding hydrogens is 697 g/mol. The molecule has 2 atom stereocenters. The van der Waals surface area contributed by atoms with Crippen molar-refractivity contribution in [1.29, 1.82) is 0 Å². The Kier molecular flexibility index (Phi) is 33.4. The molecule has 0 saturated heterocycles. The Labute approximate surface area is 333 Å². The van der Waals surface area contributed by atoms with Crippen LogP contribution in [-0.2, 0) is 28.1 Å². The second-order valence-electron chi connectivity index (χ2n) is 16.8. The summed E-state index contributed by atoms with van der Waals surface area (Å²) in [5.41, 5.74) is 5.43. The second kappa shape index (κ2) is 36.5. The Hall–Kier alpha value is -0.790. The zero-order valence-corrected chi connectivity index (χ0v) is 35.8. The fourth-order valence-electron chi connectivity index (χ4n) is 8.47. The molecule has 0 bridgehead atoms. The van der Waals surface area contributed by atoms with Crippen LogP contribution in [0.5, 0.6) is 0 Å². The van der Waals surface area contributed by atoms with Crippen molar-refractivity contribution in [2.24, 2.45) is 17.6 Å². The molecule has 0 heterocycles. The van der Waals surface area contributed by atoms with Gasteiger partial charge in [-0.25, -0.2) is 0 Å². The Morgan fingerprint density at radius 1 is 0.519 bits per heavy atom. The van der Waals surface area contributed by atoms with Crippen LogP contribution in [0, 0.1) is 11.8 Å². The Morgan fingerprint density at radius 3 is 1.33 bits per heavy atom. The molecule has 0 aromatic carbocycles. The van der Waals surface area contributed by atoms with E-state index < -0.39 is 14.7 Å². The highest BCUT2D eigenvalue weighted by Gasteiger charge is 2.20. The summed E-state index contributed by atoms with van der Waals surface area (Å²) in [5.74, 6) is 1.43. The van der Waals surface area contributed by atoms with Crippen molar-refractivity contribution in [2.45, 2.75) is 237 Å². The predicted molar refractivity (Wildman–Crippen MR) is 224 cm³/mol. The normalized spacial score (nSPS) is 16.7. The van der Waals surface area contributed by atoms with Crippen molar-refractivity contribution < 1.29 is 33.0 Å². The van der Waals surface area contributed by atoms with Crippen LogP contribution in [0.3, 0.4) is 0 Å². The van der Waals surface area contributed by atoms with Gasteiger partial charge in [0.15, 0.2) is 6.10 Å². The lowest BCUT2D eigenvalue weighted by Gasteiger charge is -2.21. The van der Waals surface area contributed by atoms with E-state index in [1.54, 1.807) is 0 Å². The second-order valence-corrected chi connectivity index (χ2v) is 17.8. The molecular formula is C45H86NO7P. The molecule has 0 radical (unpaired) electrons. The van der Waals surface area contributed by atoms with Gasteiger partial charge in [-0.05, 0) is 24.7 Å². The maximum atomic E-state index is 12.6. The van der Waals surface area contributed by atoms with E-state index >= 15 is 0 Å². The Balaban J connectivity index is 1.43. The Bertz CT molecular complexity index is 852. The third kappa shape index (κ3) is 30.4. The summed E-state index contributed by atoms with van der Waals surface area (Å²) in [6.45, 7) is 0.236. The Morgan fingerprint density at radius 2 is 0.907 bits per heavy atom. The number of carbonyl (C=O) groups excluding carboxylic acids is 2. The van der Waals surface area contributed by atoms with Crippen molar-refractivity contribution in [3.05, 3.63) is 0 Å². The lowest BCUT2D eigenvalue weighted by atomic mass is 9.85. The van der Waals surface area contributed by atoms with Gasteiger partial charge in [-0.2, -0.15) is 0 Å². The van der Waals surface area contributed by atoms with Gasteiger partial charge in [-0.3, -0.25) is 9.59 Å². The van der Waals surface area contributed by atoms with Crippen LogP contribution in [0.2, 0.25) is 0 Å². The van der Waals surface area contributed by atoms with Crippen molar-refractivity contribution in [3.63, 3.8) is 0 Å². The molecule has 2 rings (SSSR count). The van der Waals surface area contributed by atoms with Crippen LogP contribution in [0.15, 0.2) is 0 Å². The van der Waals surface area contributed by atoms with Gasteiger partial charge in [-0.1, -0.05) is 205 Å². The minimum Gasteiger partial charge on any atom is -0.462 e. The monoisotopic (exact) mass is 784 g/mol. The summed E-state index contributed by atoms with van der Waals surface area (Å²) < 4.78 is 21.5. The summed E-state index contributed by atoms with van der Waals surface area (Å²) in [5, 5.41) is 0. The van der Waals surface area contributed by atoms with Crippen LogP contribution in [0.25, 0.3) is 0 Å². The highest BCUT2D eigenvalue weighted by atomic mass is 31.2. The van der Waals surface area contributed by atoms with E-state index in [9.17, 15) is 14.5 Å². The first kappa shape index (κ1) is 49.4. The van der Waals surface area contributed by atoms with E-state index in [0.29, 0.717) is 12.8 Å². The topological polar surface area (TPSA) is 117 Å². The van der Waals surface area contributed by atoms with Crippen LogP contribution < -0.4 is 5.73 Å². The molecule has 2 fully saturated rings. The zero-order chi connectivity index (χ0) is 38.6. The van der Waals surface area contributed by atoms with Gasteiger partial charge in [0.05, 0.1) is 13.2 Å². The van der Waals surface area contributed by atoms with Gasteiger partial charge in [0.2, 0.25) is 0 Å². The van der Waals surface area contributed by atoms with E-state index in [2.05, 4.69) is 0 Å². The highest BCUT2D eigenvalue weighted by Crippen LogP contribution is 2.33. The largest absolute Gasteiger partial charge is 0.462 e. The fourth-order valence-corrected chi connectivity index (χ4v) is 9.10. The first-order valence-electron chi connectivity index (χ1n) is 23.4. The number of nitrogens with two attached hydrogens (primary N) is 1. The van der Waals surface area contributed by atoms with Gasteiger partial charge in [0.1, 0.15) is 6.61 Å².